The van der Waals surface area contributed by atoms with Crippen LogP contribution in [0.3, 0.4) is 0 Å². The zero-order chi connectivity index (χ0) is 15.7. The van der Waals surface area contributed by atoms with Crippen LogP contribution in [0.2, 0.25) is 0 Å². The summed E-state index contributed by atoms with van der Waals surface area (Å²) in [4.78, 5) is 24.8. The van der Waals surface area contributed by atoms with Gasteiger partial charge in [0, 0.05) is 11.8 Å². The van der Waals surface area contributed by atoms with Crippen LogP contribution >= 0.6 is 0 Å². The van der Waals surface area contributed by atoms with Gasteiger partial charge in [-0.2, -0.15) is 0 Å². The molecule has 0 aromatic carbocycles. The molecule has 5 saturated carbocycles. The van der Waals surface area contributed by atoms with Gasteiger partial charge in [-0.05, 0) is 49.4 Å². The highest BCUT2D eigenvalue weighted by molar-refractivity contribution is 6.03. The van der Waals surface area contributed by atoms with Crippen LogP contribution in [-0.4, -0.2) is 37.4 Å². The van der Waals surface area contributed by atoms with Crippen molar-refractivity contribution in [1.29, 1.82) is 0 Å². The normalized spacial score (nSPS) is 55.9. The number of hydrogen-bond acceptors (Lipinski definition) is 5. The Balaban J connectivity index is 1.55. The van der Waals surface area contributed by atoms with Crippen LogP contribution in [0.4, 0.5) is 0 Å². The number of ether oxygens (including phenoxy) is 3. The topological polar surface area (TPSA) is 65.1 Å². The van der Waals surface area contributed by atoms with E-state index >= 15 is 0 Å². The number of carbonyl (C=O) groups excluding carboxylic acids is 2. The molecule has 8 atom stereocenters. The predicted molar refractivity (Wildman–Crippen MR) is 77.0 cm³/mol. The van der Waals surface area contributed by atoms with Crippen LogP contribution in [0.15, 0.2) is 11.1 Å². The summed E-state index contributed by atoms with van der Waals surface area (Å²) in [6.45, 7) is 0. The van der Waals surface area contributed by atoms with Gasteiger partial charge in [0.05, 0.1) is 25.4 Å². The van der Waals surface area contributed by atoms with Crippen LogP contribution in [0.5, 0.6) is 0 Å². The quantitative estimate of drug-likeness (QED) is 0.570. The van der Waals surface area contributed by atoms with E-state index in [9.17, 15) is 9.59 Å². The molecule has 1 heterocycles. The first kappa shape index (κ1) is 13.0. The van der Waals surface area contributed by atoms with E-state index < -0.39 is 0 Å². The fourth-order valence-electron chi connectivity index (χ4n) is 7.55. The molecule has 1 saturated heterocycles. The van der Waals surface area contributed by atoms with Crippen LogP contribution in [0.25, 0.3) is 0 Å². The van der Waals surface area contributed by atoms with Gasteiger partial charge in [-0.1, -0.05) is 0 Å². The Morgan fingerprint density at radius 2 is 1.39 bits per heavy atom. The number of fused-ring (bicyclic) bond motifs is 3. The lowest BCUT2D eigenvalue weighted by Gasteiger charge is -2.45. The molecule has 6 aliphatic carbocycles. The third-order valence-electron chi connectivity index (χ3n) is 8.03. The molecule has 0 aromatic rings. The molecule has 7 rings (SSSR count). The molecule has 0 spiro atoms. The fraction of sp³-hybridized carbons (Fsp3) is 0.778. The van der Waals surface area contributed by atoms with Crippen molar-refractivity contribution in [2.45, 2.75) is 36.9 Å². The Kier molecular flexibility index (Phi) is 1.98. The zero-order valence-electron chi connectivity index (χ0n) is 13.3. The largest absolute Gasteiger partial charge is 0.466 e. The number of carbonyl (C=O) groups is 2. The maximum atomic E-state index is 12.4. The second-order valence-electron chi connectivity index (χ2n) is 8.19. The van der Waals surface area contributed by atoms with Gasteiger partial charge in [-0.15, -0.1) is 0 Å². The highest BCUT2D eigenvalue weighted by Crippen LogP contribution is 2.87. The Hall–Kier alpha value is -1.36. The van der Waals surface area contributed by atoms with Crippen molar-refractivity contribution >= 4 is 11.9 Å². The van der Waals surface area contributed by atoms with Gasteiger partial charge < -0.3 is 14.2 Å². The Morgan fingerprint density at radius 3 is 1.83 bits per heavy atom. The van der Waals surface area contributed by atoms with Crippen molar-refractivity contribution in [3.8, 4) is 0 Å². The van der Waals surface area contributed by atoms with Crippen LogP contribution in [-0.2, 0) is 23.8 Å². The highest BCUT2D eigenvalue weighted by Gasteiger charge is 2.94. The molecule has 6 fully saturated rings. The molecule has 122 valence electrons. The van der Waals surface area contributed by atoms with Gasteiger partial charge in [0.2, 0.25) is 0 Å². The second kappa shape index (κ2) is 3.51. The molecule has 4 bridgehead atoms. The molecule has 7 aliphatic rings. The summed E-state index contributed by atoms with van der Waals surface area (Å²) in [7, 11) is 2.78. The standard InChI is InChI=1S/C18H20O5/c1-21-15(19)13-11-6-12(14(13)16(20)22-2)18-10-4-3-9(7-5-8(7)10)17(11,18)23-18/h7-12H,3-6H2,1-2H3/t7-,8+,9-,10-,11+,12+,17-,18-/m0/s1. The van der Waals surface area contributed by atoms with Crippen LogP contribution < -0.4 is 0 Å². The van der Waals surface area contributed by atoms with E-state index in [1.165, 1.54) is 33.5 Å². The minimum atomic E-state index is -0.370. The molecule has 5 heteroatoms. The SMILES string of the molecule is COC(=O)C1=C(C(=O)OC)[C@H]2C[C@H]1[C@]13O[C@@]21[C@H]1CC[C@H]3[C@@H]2C[C@@H]21. The van der Waals surface area contributed by atoms with Gasteiger partial charge in [-0.25, -0.2) is 9.59 Å². The van der Waals surface area contributed by atoms with E-state index in [2.05, 4.69) is 0 Å². The summed E-state index contributed by atoms with van der Waals surface area (Å²) >= 11 is 0. The summed E-state index contributed by atoms with van der Waals surface area (Å²) in [5.41, 5.74) is 0.780. The van der Waals surface area contributed by atoms with E-state index in [0.717, 1.165) is 18.3 Å². The summed E-state index contributed by atoms with van der Waals surface area (Å²) in [5.74, 6) is 2.06. The highest BCUT2D eigenvalue weighted by atomic mass is 16.6. The smallest absolute Gasteiger partial charge is 0.334 e. The summed E-state index contributed by atoms with van der Waals surface area (Å²) in [5, 5.41) is 0. The van der Waals surface area contributed by atoms with Gasteiger partial charge in [0.1, 0.15) is 11.2 Å². The van der Waals surface area contributed by atoms with Gasteiger partial charge in [-0.3, -0.25) is 0 Å². The Bertz CT molecular complexity index is 654. The van der Waals surface area contributed by atoms with E-state index in [1.807, 2.05) is 0 Å². The van der Waals surface area contributed by atoms with Crippen LogP contribution in [0, 0.1) is 35.5 Å². The van der Waals surface area contributed by atoms with E-state index in [4.69, 9.17) is 14.2 Å². The lowest BCUT2D eigenvalue weighted by Crippen LogP contribution is -2.54. The van der Waals surface area contributed by atoms with Crippen molar-refractivity contribution in [3.05, 3.63) is 11.1 Å². The molecule has 0 N–H and O–H groups in total. The van der Waals surface area contributed by atoms with Gasteiger partial charge in [0.25, 0.3) is 0 Å². The van der Waals surface area contributed by atoms with E-state index in [0.29, 0.717) is 23.0 Å². The van der Waals surface area contributed by atoms with Crippen molar-refractivity contribution < 1.29 is 23.8 Å². The van der Waals surface area contributed by atoms with Gasteiger partial charge >= 0.3 is 11.9 Å². The van der Waals surface area contributed by atoms with Crippen molar-refractivity contribution in [3.63, 3.8) is 0 Å². The fourth-order valence-corrected chi connectivity index (χ4v) is 7.55. The minimum absolute atomic E-state index is 0.0309. The monoisotopic (exact) mass is 316 g/mol. The average Bonchev–Trinajstić information content (AvgIpc) is 3.46. The first-order valence-electron chi connectivity index (χ1n) is 8.72. The van der Waals surface area contributed by atoms with E-state index in [1.54, 1.807) is 0 Å². The van der Waals surface area contributed by atoms with Gasteiger partial charge in [0.15, 0.2) is 0 Å². The summed E-state index contributed by atoms with van der Waals surface area (Å²) < 4.78 is 16.6. The van der Waals surface area contributed by atoms with Crippen molar-refractivity contribution in [2.75, 3.05) is 14.2 Å². The first-order valence-corrected chi connectivity index (χ1v) is 8.72. The Morgan fingerprint density at radius 1 is 0.913 bits per heavy atom. The molecule has 0 radical (unpaired) electrons. The molecule has 1 aliphatic heterocycles. The predicted octanol–water partition coefficient (Wildman–Crippen LogP) is 1.46. The number of hydrogen-bond donors (Lipinski definition) is 0. The molecule has 5 nitrogen and oxygen atoms in total. The molecule has 23 heavy (non-hydrogen) atoms. The summed E-state index contributed by atoms with van der Waals surface area (Å²) in [6.07, 6.45) is 4.63. The number of epoxide rings is 1. The van der Waals surface area contributed by atoms with Crippen molar-refractivity contribution in [2.24, 2.45) is 35.5 Å². The van der Waals surface area contributed by atoms with Crippen LogP contribution in [0.1, 0.15) is 25.7 Å². The third kappa shape index (κ3) is 1.05. The maximum Gasteiger partial charge on any atom is 0.334 e. The zero-order valence-corrected chi connectivity index (χ0v) is 13.3. The minimum Gasteiger partial charge on any atom is -0.466 e. The lowest BCUT2D eigenvalue weighted by molar-refractivity contribution is -0.140. The Labute approximate surface area is 134 Å². The number of methoxy groups -OCH3 is 2. The molecule has 0 unspecified atom stereocenters. The second-order valence-corrected chi connectivity index (χ2v) is 8.19. The molecular formula is C18H20O5. The maximum absolute atomic E-state index is 12.4. The third-order valence-corrected chi connectivity index (χ3v) is 8.03. The molecule has 0 amide bonds. The molecular weight excluding hydrogens is 296 g/mol. The van der Waals surface area contributed by atoms with E-state index in [-0.39, 0.29) is 35.0 Å². The molecule has 0 aromatic heterocycles. The summed E-state index contributed by atoms with van der Waals surface area (Å²) in [6, 6.07) is 0. The number of rotatable bonds is 2. The number of esters is 2. The first-order chi connectivity index (χ1) is 11.1. The van der Waals surface area contributed by atoms with Crippen molar-refractivity contribution in [1.82, 2.24) is 0 Å². The lowest BCUT2D eigenvalue weighted by atomic mass is 9.54. The average molecular weight is 316 g/mol.